The zero-order valence-electron chi connectivity index (χ0n) is 9.52. The third-order valence-electron chi connectivity index (χ3n) is 2.46. The molecule has 88 valence electrons. The van der Waals surface area contributed by atoms with Crippen molar-refractivity contribution in [1.29, 1.82) is 0 Å². The smallest absolute Gasteiger partial charge is 0.306 e. The third kappa shape index (κ3) is 4.89. The van der Waals surface area contributed by atoms with Crippen LogP contribution in [0.4, 0.5) is 0 Å². The van der Waals surface area contributed by atoms with E-state index in [1.165, 1.54) is 0 Å². The lowest BCUT2D eigenvalue weighted by molar-refractivity contribution is -0.141. The quantitative estimate of drug-likeness (QED) is 0.683. The highest BCUT2D eigenvalue weighted by molar-refractivity contribution is 5.69. The molecule has 4 heteroatoms. The van der Waals surface area contributed by atoms with E-state index in [0.717, 1.165) is 25.2 Å². The Labute approximate surface area is 95.7 Å². The molecule has 1 aromatic heterocycles. The Hall–Kier alpha value is -1.42. The van der Waals surface area contributed by atoms with E-state index in [2.05, 4.69) is 10.3 Å². The summed E-state index contributed by atoms with van der Waals surface area (Å²) in [6.07, 6.45) is 3.32. The van der Waals surface area contributed by atoms with Gasteiger partial charge in [-0.3, -0.25) is 9.78 Å². The molecular formula is C12H18N2O2. The van der Waals surface area contributed by atoms with Crippen molar-refractivity contribution in [2.24, 2.45) is 5.92 Å². The first-order valence-corrected chi connectivity index (χ1v) is 5.53. The van der Waals surface area contributed by atoms with Crippen LogP contribution in [0.3, 0.4) is 0 Å². The van der Waals surface area contributed by atoms with E-state index in [1.807, 2.05) is 18.2 Å². The summed E-state index contributed by atoms with van der Waals surface area (Å²) in [5.74, 6) is -1.01. The average Bonchev–Trinajstić information content (AvgIpc) is 2.29. The van der Waals surface area contributed by atoms with Gasteiger partial charge in [-0.25, -0.2) is 0 Å². The van der Waals surface area contributed by atoms with Crippen LogP contribution in [-0.2, 0) is 11.2 Å². The Morgan fingerprint density at radius 3 is 2.94 bits per heavy atom. The van der Waals surface area contributed by atoms with Gasteiger partial charge >= 0.3 is 5.97 Å². The topological polar surface area (TPSA) is 62.2 Å². The van der Waals surface area contributed by atoms with E-state index in [-0.39, 0.29) is 5.92 Å². The molecule has 16 heavy (non-hydrogen) atoms. The molecule has 0 aliphatic carbocycles. The van der Waals surface area contributed by atoms with Crippen LogP contribution < -0.4 is 5.32 Å². The zero-order valence-corrected chi connectivity index (χ0v) is 9.52. The molecule has 0 aliphatic rings. The highest BCUT2D eigenvalue weighted by Gasteiger charge is 2.09. The number of hydrogen-bond acceptors (Lipinski definition) is 3. The number of hydrogen-bond donors (Lipinski definition) is 2. The van der Waals surface area contributed by atoms with Gasteiger partial charge < -0.3 is 10.4 Å². The van der Waals surface area contributed by atoms with E-state index in [9.17, 15) is 4.79 Å². The highest BCUT2D eigenvalue weighted by Crippen LogP contribution is 1.99. The first-order chi connectivity index (χ1) is 7.70. The minimum absolute atomic E-state index is 0.276. The molecule has 4 nitrogen and oxygen atoms in total. The van der Waals surface area contributed by atoms with E-state index >= 15 is 0 Å². The predicted molar refractivity (Wildman–Crippen MR) is 62.2 cm³/mol. The molecule has 1 unspecified atom stereocenters. The maximum Gasteiger partial charge on any atom is 0.306 e. The Balaban J connectivity index is 2.07. The molecule has 0 saturated heterocycles. The van der Waals surface area contributed by atoms with Crippen molar-refractivity contribution in [3.63, 3.8) is 0 Å². The largest absolute Gasteiger partial charge is 0.481 e. The maximum atomic E-state index is 10.5. The van der Waals surface area contributed by atoms with Crippen LogP contribution >= 0.6 is 0 Å². The first-order valence-electron chi connectivity index (χ1n) is 5.53. The summed E-state index contributed by atoms with van der Waals surface area (Å²) in [7, 11) is 0. The van der Waals surface area contributed by atoms with Crippen molar-refractivity contribution in [3.05, 3.63) is 30.1 Å². The predicted octanol–water partition coefficient (Wildman–Crippen LogP) is 1.32. The van der Waals surface area contributed by atoms with Crippen LogP contribution in [-0.4, -0.2) is 29.1 Å². The minimum Gasteiger partial charge on any atom is -0.481 e. The van der Waals surface area contributed by atoms with Gasteiger partial charge in [-0.15, -0.1) is 0 Å². The van der Waals surface area contributed by atoms with Gasteiger partial charge in [0, 0.05) is 24.9 Å². The number of aliphatic carboxylic acids is 1. The van der Waals surface area contributed by atoms with Gasteiger partial charge in [0.05, 0.1) is 5.92 Å². The molecule has 0 amide bonds. The molecule has 0 aromatic carbocycles. The number of nitrogens with zero attached hydrogens (tertiary/aromatic N) is 1. The van der Waals surface area contributed by atoms with E-state index < -0.39 is 5.97 Å². The van der Waals surface area contributed by atoms with Crippen molar-refractivity contribution >= 4 is 5.97 Å². The molecule has 0 spiro atoms. The molecule has 1 rings (SSSR count). The fourth-order valence-corrected chi connectivity index (χ4v) is 1.33. The van der Waals surface area contributed by atoms with Crippen molar-refractivity contribution < 1.29 is 9.90 Å². The van der Waals surface area contributed by atoms with Crippen molar-refractivity contribution in [3.8, 4) is 0 Å². The van der Waals surface area contributed by atoms with Crippen LogP contribution in [0.15, 0.2) is 24.4 Å². The average molecular weight is 222 g/mol. The monoisotopic (exact) mass is 222 g/mol. The second-order valence-electron chi connectivity index (χ2n) is 3.85. The fraction of sp³-hybridized carbons (Fsp3) is 0.500. The highest BCUT2D eigenvalue weighted by atomic mass is 16.4. The number of carboxylic acid groups (broad SMARTS) is 1. The number of pyridine rings is 1. The Morgan fingerprint density at radius 2 is 2.31 bits per heavy atom. The van der Waals surface area contributed by atoms with Crippen LogP contribution in [0, 0.1) is 5.92 Å². The lowest BCUT2D eigenvalue weighted by atomic mass is 10.1. The number of aromatic nitrogens is 1. The van der Waals surface area contributed by atoms with Gasteiger partial charge in [-0.1, -0.05) is 13.0 Å². The van der Waals surface area contributed by atoms with Gasteiger partial charge in [0.1, 0.15) is 0 Å². The summed E-state index contributed by atoms with van der Waals surface area (Å²) in [6, 6.07) is 5.85. The zero-order chi connectivity index (χ0) is 11.8. The molecule has 1 atom stereocenters. The van der Waals surface area contributed by atoms with Gasteiger partial charge in [-0.2, -0.15) is 0 Å². The van der Waals surface area contributed by atoms with E-state index in [4.69, 9.17) is 5.11 Å². The third-order valence-corrected chi connectivity index (χ3v) is 2.46. The molecule has 2 N–H and O–H groups in total. The SMILES string of the molecule is CC(CCNCCc1ccccn1)C(=O)O. The summed E-state index contributed by atoms with van der Waals surface area (Å²) < 4.78 is 0. The summed E-state index contributed by atoms with van der Waals surface area (Å²) in [4.78, 5) is 14.8. The number of nitrogens with one attached hydrogen (secondary N) is 1. The Kier molecular flexibility index (Phi) is 5.50. The summed E-state index contributed by atoms with van der Waals surface area (Å²) in [5, 5.41) is 11.9. The number of carboxylic acids is 1. The lowest BCUT2D eigenvalue weighted by Crippen LogP contribution is -2.22. The molecule has 0 radical (unpaired) electrons. The van der Waals surface area contributed by atoms with Crippen LogP contribution in [0.25, 0.3) is 0 Å². The fourth-order valence-electron chi connectivity index (χ4n) is 1.33. The second-order valence-corrected chi connectivity index (χ2v) is 3.85. The van der Waals surface area contributed by atoms with Gasteiger partial charge in [0.15, 0.2) is 0 Å². The van der Waals surface area contributed by atoms with E-state index in [0.29, 0.717) is 6.42 Å². The molecule has 0 saturated carbocycles. The van der Waals surface area contributed by atoms with Crippen LogP contribution in [0.5, 0.6) is 0 Å². The van der Waals surface area contributed by atoms with Crippen molar-refractivity contribution in [2.45, 2.75) is 19.8 Å². The molecule has 0 bridgehead atoms. The lowest BCUT2D eigenvalue weighted by Gasteiger charge is -2.07. The molecular weight excluding hydrogens is 204 g/mol. The van der Waals surface area contributed by atoms with Crippen LogP contribution in [0.1, 0.15) is 19.0 Å². The van der Waals surface area contributed by atoms with Crippen molar-refractivity contribution in [2.75, 3.05) is 13.1 Å². The Bertz CT molecular complexity index is 314. The molecule has 0 fully saturated rings. The number of rotatable bonds is 7. The van der Waals surface area contributed by atoms with Gasteiger partial charge in [0.2, 0.25) is 0 Å². The molecule has 1 heterocycles. The summed E-state index contributed by atoms with van der Waals surface area (Å²) >= 11 is 0. The normalized spacial score (nSPS) is 12.3. The van der Waals surface area contributed by atoms with Gasteiger partial charge in [0.25, 0.3) is 0 Å². The van der Waals surface area contributed by atoms with Crippen molar-refractivity contribution in [1.82, 2.24) is 10.3 Å². The van der Waals surface area contributed by atoms with E-state index in [1.54, 1.807) is 13.1 Å². The maximum absolute atomic E-state index is 10.5. The standard InChI is InChI=1S/C12H18N2O2/c1-10(12(15)16)5-8-13-9-6-11-4-2-3-7-14-11/h2-4,7,10,13H,5-6,8-9H2,1H3,(H,15,16). The van der Waals surface area contributed by atoms with Gasteiger partial charge in [-0.05, 0) is 25.1 Å². The number of carbonyl (C=O) groups is 1. The second kappa shape index (κ2) is 6.95. The molecule has 0 aliphatic heterocycles. The van der Waals surface area contributed by atoms with Crippen LogP contribution in [0.2, 0.25) is 0 Å². The summed E-state index contributed by atoms with van der Waals surface area (Å²) in [6.45, 7) is 3.30. The first kappa shape index (κ1) is 12.6. The molecule has 1 aromatic rings. The Morgan fingerprint density at radius 1 is 1.50 bits per heavy atom. The minimum atomic E-state index is -0.730. The summed E-state index contributed by atoms with van der Waals surface area (Å²) in [5.41, 5.74) is 1.06.